The second kappa shape index (κ2) is 5.76. The first-order valence-corrected chi connectivity index (χ1v) is 8.47. The Balaban J connectivity index is 2.11. The zero-order valence-corrected chi connectivity index (χ0v) is 14.1. The van der Waals surface area contributed by atoms with Crippen molar-refractivity contribution in [1.29, 1.82) is 5.26 Å². The molecule has 0 radical (unpaired) electrons. The quantitative estimate of drug-likeness (QED) is 0.846. The van der Waals surface area contributed by atoms with E-state index in [1.54, 1.807) is 16.8 Å². The number of nitriles is 1. The van der Waals surface area contributed by atoms with Crippen molar-refractivity contribution in [3.05, 3.63) is 47.3 Å². The third kappa shape index (κ3) is 2.85. The van der Waals surface area contributed by atoms with Gasteiger partial charge in [0.2, 0.25) is 0 Å². The number of hydrazone groups is 1. The lowest BCUT2D eigenvalue weighted by atomic mass is 9.92. The van der Waals surface area contributed by atoms with Gasteiger partial charge >= 0.3 is 0 Å². The van der Waals surface area contributed by atoms with Crippen molar-refractivity contribution in [2.75, 3.05) is 17.9 Å². The lowest BCUT2D eigenvalue weighted by Gasteiger charge is -2.34. The molecule has 6 heteroatoms. The van der Waals surface area contributed by atoms with Crippen LogP contribution in [0.5, 0.6) is 0 Å². The van der Waals surface area contributed by atoms with Gasteiger partial charge in [0, 0.05) is 10.5 Å². The van der Waals surface area contributed by atoms with E-state index < -0.39 is 5.60 Å². The third-order valence-electron chi connectivity index (χ3n) is 3.77. The highest BCUT2D eigenvalue weighted by molar-refractivity contribution is 7.98. The molecule has 0 aromatic heterocycles. The molecule has 0 aliphatic carbocycles. The summed E-state index contributed by atoms with van der Waals surface area (Å²) in [6.45, 7) is 4.27. The second-order valence-electron chi connectivity index (χ2n) is 5.88. The van der Waals surface area contributed by atoms with Crippen LogP contribution < -0.4 is 10.7 Å². The Morgan fingerprint density at radius 1 is 1.43 bits per heavy atom. The molecule has 0 spiro atoms. The Kier molecular flexibility index (Phi) is 3.92. The first-order valence-electron chi connectivity index (χ1n) is 7.24. The molecule has 3 rings (SSSR count). The standard InChI is InChI=1S/C17H18N4OS/c1-17(2)8-13-14(9-18)16(19)21(20-15(13)10-22-17)11-5-4-6-12(7-11)23-3/h4-8H,10,19H2,1-3H3. The van der Waals surface area contributed by atoms with Crippen molar-refractivity contribution < 1.29 is 4.74 Å². The zero-order valence-electron chi connectivity index (χ0n) is 13.3. The summed E-state index contributed by atoms with van der Waals surface area (Å²) in [5, 5.41) is 15.8. The highest BCUT2D eigenvalue weighted by atomic mass is 32.2. The van der Waals surface area contributed by atoms with Gasteiger partial charge in [-0.2, -0.15) is 10.4 Å². The number of fused-ring (bicyclic) bond motifs is 1. The van der Waals surface area contributed by atoms with Crippen molar-refractivity contribution in [3.63, 3.8) is 0 Å². The highest BCUT2D eigenvalue weighted by Crippen LogP contribution is 2.33. The lowest BCUT2D eigenvalue weighted by molar-refractivity contribution is 0.0409. The van der Waals surface area contributed by atoms with E-state index in [2.05, 4.69) is 11.2 Å². The van der Waals surface area contributed by atoms with Crippen LogP contribution in [0.15, 0.2) is 57.3 Å². The van der Waals surface area contributed by atoms with Crippen LogP contribution in [0.25, 0.3) is 0 Å². The van der Waals surface area contributed by atoms with Crippen LogP contribution in [0.4, 0.5) is 5.69 Å². The molecule has 1 aromatic rings. The molecule has 0 atom stereocenters. The maximum absolute atomic E-state index is 9.58. The number of nitrogens with two attached hydrogens (primary N) is 1. The van der Waals surface area contributed by atoms with Crippen LogP contribution in [0, 0.1) is 11.3 Å². The van der Waals surface area contributed by atoms with Gasteiger partial charge in [0.1, 0.15) is 17.5 Å². The summed E-state index contributed by atoms with van der Waals surface area (Å²) >= 11 is 1.64. The monoisotopic (exact) mass is 326 g/mol. The fourth-order valence-corrected chi connectivity index (χ4v) is 3.03. The topological polar surface area (TPSA) is 74.6 Å². The minimum Gasteiger partial charge on any atom is -0.383 e. The van der Waals surface area contributed by atoms with Gasteiger partial charge in [-0.05, 0) is 44.4 Å². The van der Waals surface area contributed by atoms with Gasteiger partial charge in [-0.3, -0.25) is 0 Å². The van der Waals surface area contributed by atoms with E-state index in [1.165, 1.54) is 0 Å². The van der Waals surface area contributed by atoms with Gasteiger partial charge in [-0.1, -0.05) is 6.07 Å². The molecule has 23 heavy (non-hydrogen) atoms. The maximum Gasteiger partial charge on any atom is 0.144 e. The van der Waals surface area contributed by atoms with E-state index in [4.69, 9.17) is 10.5 Å². The average Bonchev–Trinajstić information content (AvgIpc) is 2.54. The summed E-state index contributed by atoms with van der Waals surface area (Å²) in [7, 11) is 0. The van der Waals surface area contributed by atoms with Crippen LogP contribution in [0.1, 0.15) is 13.8 Å². The molecule has 5 nitrogen and oxygen atoms in total. The molecule has 2 N–H and O–H groups in total. The number of anilines is 1. The van der Waals surface area contributed by atoms with Crippen molar-refractivity contribution in [1.82, 2.24) is 0 Å². The number of nitrogens with zero attached hydrogens (tertiary/aromatic N) is 3. The molecule has 2 aliphatic heterocycles. The summed E-state index contributed by atoms with van der Waals surface area (Å²) in [6.07, 6.45) is 3.93. The number of ether oxygens (including phenoxy) is 1. The SMILES string of the molecule is CSc1cccc(N2N=C3COC(C)(C)C=C3C(C#N)=C2N)c1. The number of benzene rings is 1. The fourth-order valence-electron chi connectivity index (χ4n) is 2.58. The molecule has 1 aromatic carbocycles. The largest absolute Gasteiger partial charge is 0.383 e. The first-order chi connectivity index (χ1) is 10.9. The molecule has 0 unspecified atom stereocenters. The smallest absolute Gasteiger partial charge is 0.144 e. The Morgan fingerprint density at radius 2 is 2.22 bits per heavy atom. The van der Waals surface area contributed by atoms with Gasteiger partial charge in [-0.15, -0.1) is 11.8 Å². The van der Waals surface area contributed by atoms with Crippen LogP contribution in [-0.2, 0) is 4.74 Å². The van der Waals surface area contributed by atoms with E-state index >= 15 is 0 Å². The van der Waals surface area contributed by atoms with E-state index in [0.717, 1.165) is 21.9 Å². The molecule has 2 heterocycles. The third-order valence-corrected chi connectivity index (χ3v) is 4.49. The number of thioether (sulfide) groups is 1. The van der Waals surface area contributed by atoms with Crippen molar-refractivity contribution in [3.8, 4) is 6.07 Å². The van der Waals surface area contributed by atoms with Gasteiger partial charge < -0.3 is 10.5 Å². The predicted octanol–water partition coefficient (Wildman–Crippen LogP) is 3.01. The summed E-state index contributed by atoms with van der Waals surface area (Å²) in [4.78, 5) is 1.11. The summed E-state index contributed by atoms with van der Waals surface area (Å²) in [5.74, 6) is 0.346. The number of allylic oxidation sites excluding steroid dienone is 1. The van der Waals surface area contributed by atoms with Gasteiger partial charge in [0.15, 0.2) is 0 Å². The lowest BCUT2D eigenvalue weighted by Crippen LogP contribution is -2.39. The Bertz CT molecular complexity index is 786. The second-order valence-corrected chi connectivity index (χ2v) is 6.76. The first kappa shape index (κ1) is 15.7. The number of rotatable bonds is 2. The van der Waals surface area contributed by atoms with Crippen molar-refractivity contribution in [2.45, 2.75) is 24.3 Å². The highest BCUT2D eigenvalue weighted by Gasteiger charge is 2.33. The van der Waals surface area contributed by atoms with Crippen LogP contribution in [0.3, 0.4) is 0 Å². The maximum atomic E-state index is 9.58. The Morgan fingerprint density at radius 3 is 2.91 bits per heavy atom. The predicted molar refractivity (Wildman–Crippen MR) is 93.1 cm³/mol. The zero-order chi connectivity index (χ0) is 16.6. The minimum absolute atomic E-state index is 0.346. The molecule has 0 fully saturated rings. The van der Waals surface area contributed by atoms with Crippen molar-refractivity contribution in [2.24, 2.45) is 10.8 Å². The van der Waals surface area contributed by atoms with Crippen LogP contribution >= 0.6 is 11.8 Å². The van der Waals surface area contributed by atoms with E-state index in [-0.39, 0.29) is 0 Å². The summed E-state index contributed by atoms with van der Waals surface area (Å²) < 4.78 is 5.78. The average molecular weight is 326 g/mol. The van der Waals surface area contributed by atoms with Crippen LogP contribution in [-0.4, -0.2) is 24.2 Å². The molecule has 0 saturated heterocycles. The van der Waals surface area contributed by atoms with Gasteiger partial charge in [0.05, 0.1) is 23.6 Å². The van der Waals surface area contributed by atoms with E-state index in [0.29, 0.717) is 18.0 Å². The number of hydrogen-bond acceptors (Lipinski definition) is 6. The summed E-state index contributed by atoms with van der Waals surface area (Å²) in [6, 6.07) is 10.1. The molecular formula is C17H18N4OS. The van der Waals surface area contributed by atoms with Crippen molar-refractivity contribution >= 4 is 23.2 Å². The molecule has 2 aliphatic rings. The van der Waals surface area contributed by atoms with Gasteiger partial charge in [0.25, 0.3) is 0 Å². The molecule has 0 saturated carbocycles. The normalized spacial score (nSPS) is 19.7. The Hall–Kier alpha value is -2.23. The molecule has 0 bridgehead atoms. The molecule has 118 valence electrons. The van der Waals surface area contributed by atoms with E-state index in [1.807, 2.05) is 50.4 Å². The number of hydrogen-bond donors (Lipinski definition) is 1. The van der Waals surface area contributed by atoms with Gasteiger partial charge in [-0.25, -0.2) is 5.01 Å². The molecule has 0 amide bonds. The fraction of sp³-hybridized carbons (Fsp3) is 0.294. The summed E-state index contributed by atoms with van der Waals surface area (Å²) in [5.41, 5.74) is 8.59. The van der Waals surface area contributed by atoms with E-state index in [9.17, 15) is 5.26 Å². The van der Waals surface area contributed by atoms with Crippen LogP contribution in [0.2, 0.25) is 0 Å². The molecular weight excluding hydrogens is 308 g/mol. The minimum atomic E-state index is -0.433. The Labute approximate surface area is 140 Å².